The molecule has 0 fully saturated rings. The number of hydrogen-bond acceptors (Lipinski definition) is 5. The third kappa shape index (κ3) is 10.8. The van der Waals surface area contributed by atoms with Gasteiger partial charge in [-0.1, -0.05) is 36.8 Å². The first-order valence-corrected chi connectivity index (χ1v) is 9.07. The number of benzene rings is 1. The van der Waals surface area contributed by atoms with Gasteiger partial charge in [-0.05, 0) is 24.8 Å². The lowest BCUT2D eigenvalue weighted by Gasteiger charge is -2.13. The monoisotopic (exact) mass is 394 g/mol. The summed E-state index contributed by atoms with van der Waals surface area (Å²) in [7, 11) is 0. The van der Waals surface area contributed by atoms with Crippen molar-refractivity contribution >= 4 is 23.9 Å². The molecule has 154 valence electrons. The van der Waals surface area contributed by atoms with Crippen LogP contribution in [0.3, 0.4) is 0 Å². The van der Waals surface area contributed by atoms with E-state index >= 15 is 0 Å². The third-order valence-corrected chi connectivity index (χ3v) is 3.84. The van der Waals surface area contributed by atoms with Crippen molar-refractivity contribution in [2.45, 2.75) is 51.2 Å². The van der Waals surface area contributed by atoms with Gasteiger partial charge in [-0.15, -0.1) is 0 Å². The predicted octanol–water partition coefficient (Wildman–Crippen LogP) is 1.91. The maximum absolute atomic E-state index is 11.8. The molecule has 0 aliphatic rings. The molecule has 0 aliphatic heterocycles. The summed E-state index contributed by atoms with van der Waals surface area (Å²) in [5, 5.41) is 22.5. The van der Waals surface area contributed by atoms with Crippen molar-refractivity contribution < 1.29 is 34.1 Å². The Balaban J connectivity index is 2.09. The Hall–Kier alpha value is -3.10. The van der Waals surface area contributed by atoms with Gasteiger partial charge in [0.25, 0.3) is 0 Å². The lowest BCUT2D eigenvalue weighted by atomic mass is 10.1. The molecule has 1 rings (SSSR count). The fraction of sp³-hybridized carbons (Fsp3) is 0.474. The minimum absolute atomic E-state index is 0.134. The van der Waals surface area contributed by atoms with E-state index in [1.54, 1.807) is 0 Å². The number of ether oxygens (including phenoxy) is 1. The number of unbranched alkanes of at least 4 members (excludes halogenated alkanes) is 2. The zero-order valence-corrected chi connectivity index (χ0v) is 15.6. The number of aliphatic carboxylic acids is 2. The van der Waals surface area contributed by atoms with Gasteiger partial charge in [0.05, 0.1) is 0 Å². The normalized spacial score (nSPS) is 11.3. The Kier molecular flexibility index (Phi) is 10.8. The number of carbonyl (C=O) groups is 4. The van der Waals surface area contributed by atoms with Gasteiger partial charge in [0.2, 0.25) is 5.91 Å². The van der Waals surface area contributed by atoms with E-state index < -0.39 is 30.0 Å². The van der Waals surface area contributed by atoms with Gasteiger partial charge in [0, 0.05) is 19.4 Å². The third-order valence-electron chi connectivity index (χ3n) is 3.84. The number of alkyl carbamates (subject to hydrolysis) is 1. The first kappa shape index (κ1) is 22.9. The van der Waals surface area contributed by atoms with Gasteiger partial charge in [-0.3, -0.25) is 9.59 Å². The van der Waals surface area contributed by atoms with E-state index in [0.717, 1.165) is 5.56 Å². The summed E-state index contributed by atoms with van der Waals surface area (Å²) in [5.74, 6) is -2.81. The van der Waals surface area contributed by atoms with E-state index in [9.17, 15) is 19.2 Å². The Morgan fingerprint density at radius 1 is 0.964 bits per heavy atom. The molecule has 0 heterocycles. The molecule has 0 saturated heterocycles. The Labute approximate surface area is 163 Å². The van der Waals surface area contributed by atoms with Crippen LogP contribution < -0.4 is 10.6 Å². The first-order valence-electron chi connectivity index (χ1n) is 9.07. The van der Waals surface area contributed by atoms with E-state index in [0.29, 0.717) is 25.8 Å². The Morgan fingerprint density at radius 2 is 1.68 bits per heavy atom. The fourth-order valence-corrected chi connectivity index (χ4v) is 2.34. The molecule has 0 saturated carbocycles. The molecule has 1 unspecified atom stereocenters. The van der Waals surface area contributed by atoms with Gasteiger partial charge < -0.3 is 25.6 Å². The number of nitrogens with one attached hydrogen (secondary N) is 2. The van der Waals surface area contributed by atoms with Crippen LogP contribution in [0.15, 0.2) is 30.3 Å². The van der Waals surface area contributed by atoms with Crippen LogP contribution in [0.2, 0.25) is 0 Å². The smallest absolute Gasteiger partial charge is 0.407 e. The van der Waals surface area contributed by atoms with Gasteiger partial charge in [-0.2, -0.15) is 0 Å². The second-order valence-electron chi connectivity index (χ2n) is 6.19. The summed E-state index contributed by atoms with van der Waals surface area (Å²) in [4.78, 5) is 44.8. The second kappa shape index (κ2) is 13.1. The van der Waals surface area contributed by atoms with Crippen LogP contribution in [-0.2, 0) is 25.7 Å². The molecular weight excluding hydrogens is 368 g/mol. The van der Waals surface area contributed by atoms with Crippen molar-refractivity contribution in [3.05, 3.63) is 35.9 Å². The Morgan fingerprint density at radius 3 is 2.32 bits per heavy atom. The highest BCUT2D eigenvalue weighted by atomic mass is 16.5. The van der Waals surface area contributed by atoms with Crippen molar-refractivity contribution in [1.82, 2.24) is 10.6 Å². The van der Waals surface area contributed by atoms with E-state index in [2.05, 4.69) is 10.6 Å². The highest BCUT2D eigenvalue weighted by Gasteiger charge is 2.20. The van der Waals surface area contributed by atoms with Crippen molar-refractivity contribution in [2.24, 2.45) is 0 Å². The zero-order chi connectivity index (χ0) is 20.8. The molecular formula is C19H26N2O7. The van der Waals surface area contributed by atoms with E-state index in [-0.39, 0.29) is 25.9 Å². The average Bonchev–Trinajstić information content (AvgIpc) is 2.66. The number of rotatable bonds is 13. The molecule has 28 heavy (non-hydrogen) atoms. The SMILES string of the molecule is O=C(O)CCC(NC(=O)CCCCCNC(=O)OCc1ccccc1)C(=O)O. The highest BCUT2D eigenvalue weighted by molar-refractivity contribution is 5.83. The first-order chi connectivity index (χ1) is 13.4. The summed E-state index contributed by atoms with van der Waals surface area (Å²) >= 11 is 0. The topological polar surface area (TPSA) is 142 Å². The molecule has 9 nitrogen and oxygen atoms in total. The molecule has 0 spiro atoms. The number of hydrogen-bond donors (Lipinski definition) is 4. The summed E-state index contributed by atoms with van der Waals surface area (Å²) in [5.41, 5.74) is 0.895. The van der Waals surface area contributed by atoms with Crippen molar-refractivity contribution in [1.29, 1.82) is 0 Å². The van der Waals surface area contributed by atoms with Crippen LogP contribution in [0.5, 0.6) is 0 Å². The summed E-state index contributed by atoms with van der Waals surface area (Å²) in [6.07, 6.45) is 0.972. The van der Waals surface area contributed by atoms with E-state index in [1.165, 1.54) is 0 Å². The van der Waals surface area contributed by atoms with Gasteiger partial charge in [0.15, 0.2) is 0 Å². The number of amides is 2. The molecule has 4 N–H and O–H groups in total. The van der Waals surface area contributed by atoms with Crippen LogP contribution in [0, 0.1) is 0 Å². The molecule has 1 atom stereocenters. The van der Waals surface area contributed by atoms with Crippen molar-refractivity contribution in [3.8, 4) is 0 Å². The predicted molar refractivity (Wildman–Crippen MR) is 99.5 cm³/mol. The average molecular weight is 394 g/mol. The number of carbonyl (C=O) groups excluding carboxylic acids is 2. The van der Waals surface area contributed by atoms with E-state index in [4.69, 9.17) is 14.9 Å². The fourth-order valence-electron chi connectivity index (χ4n) is 2.34. The molecule has 0 radical (unpaired) electrons. The minimum Gasteiger partial charge on any atom is -0.481 e. The lowest BCUT2D eigenvalue weighted by Crippen LogP contribution is -2.41. The highest BCUT2D eigenvalue weighted by Crippen LogP contribution is 2.03. The van der Waals surface area contributed by atoms with Crippen LogP contribution in [0.4, 0.5) is 4.79 Å². The lowest BCUT2D eigenvalue weighted by molar-refractivity contribution is -0.143. The maximum atomic E-state index is 11.8. The maximum Gasteiger partial charge on any atom is 0.407 e. The molecule has 1 aromatic rings. The molecule has 0 bridgehead atoms. The molecule has 0 aliphatic carbocycles. The van der Waals surface area contributed by atoms with Gasteiger partial charge >= 0.3 is 18.0 Å². The van der Waals surface area contributed by atoms with Crippen molar-refractivity contribution in [3.63, 3.8) is 0 Å². The van der Waals surface area contributed by atoms with Gasteiger partial charge in [-0.25, -0.2) is 9.59 Å². The number of carboxylic acids is 2. The van der Waals surface area contributed by atoms with Crippen LogP contribution in [-0.4, -0.2) is 46.7 Å². The molecule has 9 heteroatoms. The summed E-state index contributed by atoms with van der Waals surface area (Å²) in [6, 6.07) is 8.10. The Bertz CT molecular complexity index is 649. The van der Waals surface area contributed by atoms with Crippen molar-refractivity contribution in [2.75, 3.05) is 6.54 Å². The summed E-state index contributed by atoms with van der Waals surface area (Å²) in [6.45, 7) is 0.602. The zero-order valence-electron chi connectivity index (χ0n) is 15.6. The molecule has 0 aromatic heterocycles. The molecule has 2 amide bonds. The minimum atomic E-state index is -1.26. The molecule has 1 aromatic carbocycles. The van der Waals surface area contributed by atoms with Crippen LogP contribution in [0.25, 0.3) is 0 Å². The van der Waals surface area contributed by atoms with Gasteiger partial charge in [0.1, 0.15) is 12.6 Å². The quantitative estimate of drug-likeness (QED) is 0.374. The van der Waals surface area contributed by atoms with E-state index in [1.807, 2.05) is 30.3 Å². The standard InChI is InChI=1S/C19H26N2O7/c22-16(21-15(18(25)26)10-11-17(23)24)9-5-2-6-12-20-19(27)28-13-14-7-3-1-4-8-14/h1,3-4,7-8,15H,2,5-6,9-13H2,(H,20,27)(H,21,22)(H,23,24)(H,25,26). The van der Waals surface area contributed by atoms with Crippen LogP contribution in [0.1, 0.15) is 44.1 Å². The number of carboxylic acid groups (broad SMARTS) is 2. The van der Waals surface area contributed by atoms with Crippen LogP contribution >= 0.6 is 0 Å². The summed E-state index contributed by atoms with van der Waals surface area (Å²) < 4.78 is 5.07. The second-order valence-corrected chi connectivity index (χ2v) is 6.19. The largest absolute Gasteiger partial charge is 0.481 e.